The predicted octanol–water partition coefficient (Wildman–Crippen LogP) is 2.23. The van der Waals surface area contributed by atoms with Gasteiger partial charge in [0, 0.05) is 43.1 Å². The number of amides is 2. The van der Waals surface area contributed by atoms with E-state index >= 15 is 0 Å². The summed E-state index contributed by atoms with van der Waals surface area (Å²) in [6, 6.07) is 6.41. The normalized spacial score (nSPS) is 11.2. The number of likely N-dealkylation sites (N-methyl/N-ethyl adjacent to an activating group) is 2. The van der Waals surface area contributed by atoms with E-state index in [0.29, 0.717) is 17.8 Å². The molecule has 3 N–H and O–H groups in total. The molecular formula is C20H32Cl2N6O2. The van der Waals surface area contributed by atoms with Crippen molar-refractivity contribution in [2.75, 3.05) is 38.5 Å². The van der Waals surface area contributed by atoms with Gasteiger partial charge in [0.05, 0.1) is 6.20 Å². The molecule has 2 amide bonds. The molecule has 0 fully saturated rings. The Kier molecular flexibility index (Phi) is 13.0. The number of aryl methyl sites for hydroxylation is 1. The van der Waals surface area contributed by atoms with Crippen LogP contribution in [0.4, 0.5) is 5.69 Å². The van der Waals surface area contributed by atoms with Gasteiger partial charge in [-0.2, -0.15) is 5.10 Å². The molecule has 0 aliphatic carbocycles. The van der Waals surface area contributed by atoms with Gasteiger partial charge in [-0.05, 0) is 38.3 Å². The van der Waals surface area contributed by atoms with E-state index < -0.39 is 6.04 Å². The zero-order chi connectivity index (χ0) is 20.5. The Morgan fingerprint density at radius 2 is 1.90 bits per heavy atom. The van der Waals surface area contributed by atoms with Crippen molar-refractivity contribution in [1.82, 2.24) is 25.3 Å². The van der Waals surface area contributed by atoms with Crippen LogP contribution in [0.2, 0.25) is 0 Å². The molecule has 10 heteroatoms. The van der Waals surface area contributed by atoms with Gasteiger partial charge >= 0.3 is 0 Å². The Morgan fingerprint density at radius 3 is 2.47 bits per heavy atom. The first-order chi connectivity index (χ1) is 13.5. The summed E-state index contributed by atoms with van der Waals surface area (Å²) in [6.45, 7) is 7.50. The number of benzene rings is 1. The molecule has 1 heterocycles. The van der Waals surface area contributed by atoms with Crippen LogP contribution in [-0.2, 0) is 11.8 Å². The van der Waals surface area contributed by atoms with Gasteiger partial charge in [0.15, 0.2) is 0 Å². The number of hydrogen-bond donors (Lipinski definition) is 3. The first kappa shape index (κ1) is 27.9. The second-order valence-electron chi connectivity index (χ2n) is 6.52. The summed E-state index contributed by atoms with van der Waals surface area (Å²) >= 11 is 0. The molecular weight excluding hydrogens is 427 g/mol. The van der Waals surface area contributed by atoms with Crippen LogP contribution in [0.1, 0.15) is 35.8 Å². The summed E-state index contributed by atoms with van der Waals surface area (Å²) in [4.78, 5) is 27.3. The van der Waals surface area contributed by atoms with E-state index in [1.807, 2.05) is 0 Å². The SMILES string of the molecule is CCN(CC)CCNC(=O)c1cccc(NC(=O)C(NC)c2cnn(C)c2)c1.Cl.Cl. The van der Waals surface area contributed by atoms with Gasteiger partial charge in [-0.15, -0.1) is 24.8 Å². The monoisotopic (exact) mass is 458 g/mol. The van der Waals surface area contributed by atoms with E-state index in [1.165, 1.54) is 0 Å². The summed E-state index contributed by atoms with van der Waals surface area (Å²) in [6.07, 6.45) is 3.45. The van der Waals surface area contributed by atoms with Crippen LogP contribution >= 0.6 is 24.8 Å². The standard InChI is InChI=1S/C20H30N6O2.2ClH/c1-5-26(6-2)11-10-22-19(27)15-8-7-9-17(12-15)24-20(28)18(21-3)16-13-23-25(4)14-16;;/h7-9,12-14,18,21H,5-6,10-11H2,1-4H3,(H,22,27)(H,24,28);2*1H. The van der Waals surface area contributed by atoms with Crippen molar-refractivity contribution in [1.29, 1.82) is 0 Å². The van der Waals surface area contributed by atoms with E-state index in [0.717, 1.165) is 25.2 Å². The van der Waals surface area contributed by atoms with Crippen LogP contribution in [0, 0.1) is 0 Å². The topological polar surface area (TPSA) is 91.3 Å². The number of carbonyl (C=O) groups is 2. The van der Waals surface area contributed by atoms with Crippen LogP contribution in [0.15, 0.2) is 36.7 Å². The maximum Gasteiger partial charge on any atom is 0.251 e. The van der Waals surface area contributed by atoms with Gasteiger partial charge in [-0.3, -0.25) is 14.3 Å². The van der Waals surface area contributed by atoms with Crippen LogP contribution in [0.25, 0.3) is 0 Å². The van der Waals surface area contributed by atoms with Crippen molar-refractivity contribution in [3.05, 3.63) is 47.8 Å². The minimum absolute atomic E-state index is 0. The number of hydrogen-bond acceptors (Lipinski definition) is 5. The number of anilines is 1. The Hall–Kier alpha value is -2.13. The smallest absolute Gasteiger partial charge is 0.251 e. The highest BCUT2D eigenvalue weighted by Crippen LogP contribution is 2.16. The van der Waals surface area contributed by atoms with Crippen molar-refractivity contribution in [2.24, 2.45) is 7.05 Å². The minimum Gasteiger partial charge on any atom is -0.351 e. The fraction of sp³-hybridized carbons (Fsp3) is 0.450. The quantitative estimate of drug-likeness (QED) is 0.507. The van der Waals surface area contributed by atoms with Crippen LogP contribution in [0.5, 0.6) is 0 Å². The van der Waals surface area contributed by atoms with E-state index in [2.05, 4.69) is 39.8 Å². The Bertz CT molecular complexity index is 795. The van der Waals surface area contributed by atoms with Gasteiger partial charge in [-0.1, -0.05) is 19.9 Å². The lowest BCUT2D eigenvalue weighted by Gasteiger charge is -2.18. The highest BCUT2D eigenvalue weighted by atomic mass is 35.5. The molecule has 1 aromatic carbocycles. The lowest BCUT2D eigenvalue weighted by atomic mass is 10.1. The number of carbonyl (C=O) groups excluding carboxylic acids is 2. The number of nitrogens with zero attached hydrogens (tertiary/aromatic N) is 3. The van der Waals surface area contributed by atoms with Gasteiger partial charge in [0.2, 0.25) is 5.91 Å². The fourth-order valence-corrected chi connectivity index (χ4v) is 2.96. The summed E-state index contributed by atoms with van der Waals surface area (Å²) in [7, 11) is 3.52. The number of aromatic nitrogens is 2. The first-order valence-corrected chi connectivity index (χ1v) is 9.55. The second kappa shape index (κ2) is 14.0. The maximum absolute atomic E-state index is 12.6. The van der Waals surface area contributed by atoms with E-state index in [-0.39, 0.29) is 36.6 Å². The average Bonchev–Trinajstić information content (AvgIpc) is 3.11. The largest absolute Gasteiger partial charge is 0.351 e. The highest BCUT2D eigenvalue weighted by Gasteiger charge is 2.20. The Balaban J connectivity index is 0.00000420. The minimum atomic E-state index is -0.528. The predicted molar refractivity (Wildman–Crippen MR) is 125 cm³/mol. The molecule has 1 unspecified atom stereocenters. The third-order valence-corrected chi connectivity index (χ3v) is 4.61. The highest BCUT2D eigenvalue weighted by molar-refractivity contribution is 5.98. The van der Waals surface area contributed by atoms with Crippen molar-refractivity contribution in [3.8, 4) is 0 Å². The van der Waals surface area contributed by atoms with E-state index in [1.54, 1.807) is 55.4 Å². The Morgan fingerprint density at radius 1 is 1.20 bits per heavy atom. The zero-order valence-electron chi connectivity index (χ0n) is 17.8. The van der Waals surface area contributed by atoms with Crippen LogP contribution < -0.4 is 16.0 Å². The summed E-state index contributed by atoms with van der Waals surface area (Å²) in [5, 5.41) is 12.9. The van der Waals surface area contributed by atoms with Gasteiger partial charge < -0.3 is 20.9 Å². The lowest BCUT2D eigenvalue weighted by molar-refractivity contribution is -0.118. The average molecular weight is 459 g/mol. The fourth-order valence-electron chi connectivity index (χ4n) is 2.96. The number of rotatable bonds is 10. The summed E-state index contributed by atoms with van der Waals surface area (Å²) in [5.41, 5.74) is 1.86. The zero-order valence-corrected chi connectivity index (χ0v) is 19.5. The molecule has 0 saturated carbocycles. The van der Waals surface area contributed by atoms with Crippen LogP contribution in [0.3, 0.4) is 0 Å². The molecule has 0 aliphatic heterocycles. The first-order valence-electron chi connectivity index (χ1n) is 9.55. The van der Waals surface area contributed by atoms with Crippen molar-refractivity contribution in [3.63, 3.8) is 0 Å². The van der Waals surface area contributed by atoms with E-state index in [4.69, 9.17) is 0 Å². The third kappa shape index (κ3) is 7.95. The van der Waals surface area contributed by atoms with Crippen molar-refractivity contribution < 1.29 is 9.59 Å². The van der Waals surface area contributed by atoms with E-state index in [9.17, 15) is 9.59 Å². The molecule has 0 radical (unpaired) electrons. The van der Waals surface area contributed by atoms with Crippen molar-refractivity contribution in [2.45, 2.75) is 19.9 Å². The second-order valence-corrected chi connectivity index (χ2v) is 6.52. The van der Waals surface area contributed by atoms with Gasteiger partial charge in [0.25, 0.3) is 5.91 Å². The molecule has 2 rings (SSSR count). The molecule has 0 bridgehead atoms. The number of halogens is 2. The third-order valence-electron chi connectivity index (χ3n) is 4.61. The molecule has 0 spiro atoms. The molecule has 2 aromatic rings. The molecule has 8 nitrogen and oxygen atoms in total. The maximum atomic E-state index is 12.6. The molecule has 168 valence electrons. The molecule has 0 saturated heterocycles. The van der Waals surface area contributed by atoms with Crippen LogP contribution in [-0.4, -0.2) is 59.7 Å². The number of nitrogens with one attached hydrogen (secondary N) is 3. The molecule has 30 heavy (non-hydrogen) atoms. The molecule has 1 atom stereocenters. The molecule has 0 aliphatic rings. The summed E-state index contributed by atoms with van der Waals surface area (Å²) in [5.74, 6) is -0.365. The summed E-state index contributed by atoms with van der Waals surface area (Å²) < 4.78 is 1.65. The lowest BCUT2D eigenvalue weighted by Crippen LogP contribution is -2.34. The Labute approximate surface area is 190 Å². The van der Waals surface area contributed by atoms with Crippen molar-refractivity contribution >= 4 is 42.3 Å². The van der Waals surface area contributed by atoms with Gasteiger partial charge in [-0.25, -0.2) is 0 Å². The van der Waals surface area contributed by atoms with Gasteiger partial charge in [0.1, 0.15) is 6.04 Å². The molecule has 1 aromatic heterocycles.